The summed E-state index contributed by atoms with van der Waals surface area (Å²) in [5, 5.41) is 4.55. The highest BCUT2D eigenvalue weighted by molar-refractivity contribution is 7.99. The monoisotopic (exact) mass is 227 g/mol. The summed E-state index contributed by atoms with van der Waals surface area (Å²) in [6.45, 7) is 2.85. The first kappa shape index (κ1) is 11.0. The molecule has 1 aliphatic rings. The van der Waals surface area contributed by atoms with E-state index in [2.05, 4.69) is 15.3 Å². The zero-order valence-corrected chi connectivity index (χ0v) is 9.55. The summed E-state index contributed by atoms with van der Waals surface area (Å²) in [5.41, 5.74) is 0. The second-order valence-electron chi connectivity index (χ2n) is 3.58. The first-order valence-corrected chi connectivity index (χ1v) is 6.37. The third-order valence-corrected chi connectivity index (χ3v) is 3.37. The molecule has 15 heavy (non-hydrogen) atoms. The summed E-state index contributed by atoms with van der Waals surface area (Å²) in [7, 11) is 0. The van der Waals surface area contributed by atoms with E-state index in [0.29, 0.717) is 6.04 Å². The highest BCUT2D eigenvalue weighted by Gasteiger charge is 2.12. The van der Waals surface area contributed by atoms with Crippen LogP contribution in [0.5, 0.6) is 0 Å². The van der Waals surface area contributed by atoms with Crippen molar-refractivity contribution in [2.75, 3.05) is 25.5 Å². The van der Waals surface area contributed by atoms with Gasteiger partial charge in [0.2, 0.25) is 0 Å². The van der Waals surface area contributed by atoms with Crippen molar-refractivity contribution in [3.63, 3.8) is 0 Å². The van der Waals surface area contributed by atoms with Crippen LogP contribution in [0.2, 0.25) is 0 Å². The molecule has 1 saturated heterocycles. The number of aromatic nitrogens is 2. The Kier molecular flexibility index (Phi) is 4.50. The van der Waals surface area contributed by atoms with Crippen LogP contribution in [0, 0.1) is 0 Å². The third-order valence-electron chi connectivity index (χ3n) is 2.47. The van der Waals surface area contributed by atoms with Gasteiger partial charge in [-0.1, -0.05) is 11.8 Å². The standard InChI is InChI=1S/C10H17N3OS/c1-6-14-7-2-9(1)11-5-8-15-10-12-3-4-13-10/h3-4,9,11H,1-2,5-8H2,(H,12,13). The second kappa shape index (κ2) is 6.15. The van der Waals surface area contributed by atoms with Crippen LogP contribution in [0.3, 0.4) is 0 Å². The number of aromatic amines is 1. The van der Waals surface area contributed by atoms with E-state index in [1.165, 1.54) is 0 Å². The van der Waals surface area contributed by atoms with Gasteiger partial charge in [0.05, 0.1) is 0 Å². The van der Waals surface area contributed by atoms with E-state index in [1.807, 2.05) is 6.20 Å². The fraction of sp³-hybridized carbons (Fsp3) is 0.700. The normalized spacial score (nSPS) is 18.1. The van der Waals surface area contributed by atoms with E-state index in [1.54, 1.807) is 18.0 Å². The summed E-state index contributed by atoms with van der Waals surface area (Å²) in [5.74, 6) is 1.06. The van der Waals surface area contributed by atoms with Crippen LogP contribution in [0.25, 0.3) is 0 Å². The summed E-state index contributed by atoms with van der Waals surface area (Å²) in [6.07, 6.45) is 5.93. The maximum atomic E-state index is 5.30. The predicted molar refractivity (Wildman–Crippen MR) is 61.2 cm³/mol. The SMILES string of the molecule is c1c[nH]c(SCCNC2CCOCC2)n1. The third kappa shape index (κ3) is 3.85. The van der Waals surface area contributed by atoms with Crippen molar-refractivity contribution in [1.82, 2.24) is 15.3 Å². The average Bonchev–Trinajstić information content (AvgIpc) is 2.79. The van der Waals surface area contributed by atoms with Crippen molar-refractivity contribution in [1.29, 1.82) is 0 Å². The molecule has 5 heteroatoms. The minimum Gasteiger partial charge on any atom is -0.381 e. The van der Waals surface area contributed by atoms with Crippen LogP contribution in [0.1, 0.15) is 12.8 Å². The molecule has 1 aromatic rings. The molecule has 0 spiro atoms. The Bertz CT molecular complexity index is 260. The first-order chi connectivity index (χ1) is 7.45. The lowest BCUT2D eigenvalue weighted by atomic mass is 10.1. The molecule has 4 nitrogen and oxygen atoms in total. The van der Waals surface area contributed by atoms with Crippen molar-refractivity contribution >= 4 is 11.8 Å². The molecule has 0 saturated carbocycles. The first-order valence-electron chi connectivity index (χ1n) is 5.38. The zero-order valence-electron chi connectivity index (χ0n) is 8.74. The van der Waals surface area contributed by atoms with E-state index < -0.39 is 0 Å². The topological polar surface area (TPSA) is 49.9 Å². The number of rotatable bonds is 5. The molecule has 84 valence electrons. The number of H-pyrrole nitrogens is 1. The molecule has 2 N–H and O–H groups in total. The molecule has 2 rings (SSSR count). The van der Waals surface area contributed by atoms with Gasteiger partial charge >= 0.3 is 0 Å². The van der Waals surface area contributed by atoms with Crippen LogP contribution in [0.15, 0.2) is 17.6 Å². The summed E-state index contributed by atoms with van der Waals surface area (Å²) >= 11 is 1.76. The Morgan fingerprint density at radius 1 is 1.53 bits per heavy atom. The largest absolute Gasteiger partial charge is 0.381 e. The molecule has 1 aromatic heterocycles. The molecule has 0 bridgehead atoms. The minimum atomic E-state index is 0.649. The number of ether oxygens (including phenoxy) is 1. The Hall–Kier alpha value is -0.520. The van der Waals surface area contributed by atoms with Crippen LogP contribution in [-0.2, 0) is 4.74 Å². The molecule has 0 atom stereocenters. The molecule has 0 radical (unpaired) electrons. The molecule has 0 aromatic carbocycles. The Morgan fingerprint density at radius 2 is 2.40 bits per heavy atom. The van der Waals surface area contributed by atoms with Gasteiger partial charge in [-0.25, -0.2) is 4.98 Å². The van der Waals surface area contributed by atoms with E-state index in [4.69, 9.17) is 4.74 Å². The van der Waals surface area contributed by atoms with E-state index in [0.717, 1.165) is 43.5 Å². The van der Waals surface area contributed by atoms with Crippen LogP contribution in [-0.4, -0.2) is 41.5 Å². The van der Waals surface area contributed by atoms with Crippen molar-refractivity contribution < 1.29 is 4.74 Å². The van der Waals surface area contributed by atoms with Gasteiger partial charge < -0.3 is 15.0 Å². The van der Waals surface area contributed by atoms with Crippen molar-refractivity contribution in [3.8, 4) is 0 Å². The minimum absolute atomic E-state index is 0.649. The van der Waals surface area contributed by atoms with E-state index in [9.17, 15) is 0 Å². The smallest absolute Gasteiger partial charge is 0.165 e. The Balaban J connectivity index is 1.54. The molecular weight excluding hydrogens is 210 g/mol. The molecule has 0 unspecified atom stereocenters. The van der Waals surface area contributed by atoms with Gasteiger partial charge in [-0.2, -0.15) is 0 Å². The lowest BCUT2D eigenvalue weighted by Gasteiger charge is -2.22. The number of imidazole rings is 1. The number of nitrogens with zero attached hydrogens (tertiary/aromatic N) is 1. The van der Waals surface area contributed by atoms with Gasteiger partial charge in [0.15, 0.2) is 5.16 Å². The fourth-order valence-corrected chi connectivity index (χ4v) is 2.34. The molecule has 0 aliphatic carbocycles. The molecule has 1 fully saturated rings. The van der Waals surface area contributed by atoms with Crippen LogP contribution < -0.4 is 5.32 Å². The lowest BCUT2D eigenvalue weighted by molar-refractivity contribution is 0.0786. The summed E-state index contributed by atoms with van der Waals surface area (Å²) in [6, 6.07) is 0.649. The van der Waals surface area contributed by atoms with Gasteiger partial charge in [-0.05, 0) is 12.8 Å². The van der Waals surface area contributed by atoms with Gasteiger partial charge in [-0.3, -0.25) is 0 Å². The van der Waals surface area contributed by atoms with Gasteiger partial charge in [-0.15, -0.1) is 0 Å². The maximum Gasteiger partial charge on any atom is 0.165 e. The Morgan fingerprint density at radius 3 is 3.13 bits per heavy atom. The highest BCUT2D eigenvalue weighted by Crippen LogP contribution is 2.11. The lowest BCUT2D eigenvalue weighted by Crippen LogP contribution is -2.35. The summed E-state index contributed by atoms with van der Waals surface area (Å²) in [4.78, 5) is 7.24. The number of nitrogens with one attached hydrogen (secondary N) is 2. The van der Waals surface area contributed by atoms with E-state index in [-0.39, 0.29) is 0 Å². The maximum absolute atomic E-state index is 5.30. The molecule has 0 amide bonds. The van der Waals surface area contributed by atoms with Crippen molar-refractivity contribution in [3.05, 3.63) is 12.4 Å². The van der Waals surface area contributed by atoms with Gasteiger partial charge in [0.25, 0.3) is 0 Å². The fourth-order valence-electron chi connectivity index (χ4n) is 1.64. The quantitative estimate of drug-likeness (QED) is 0.587. The average molecular weight is 227 g/mol. The molecule has 2 heterocycles. The van der Waals surface area contributed by atoms with Gasteiger partial charge in [0.1, 0.15) is 0 Å². The number of hydrogen-bond donors (Lipinski definition) is 2. The predicted octanol–water partition coefficient (Wildman–Crippen LogP) is 1.27. The molecule has 1 aliphatic heterocycles. The second-order valence-corrected chi connectivity index (χ2v) is 4.67. The highest BCUT2D eigenvalue weighted by atomic mass is 32.2. The number of thioether (sulfide) groups is 1. The summed E-state index contributed by atoms with van der Waals surface area (Å²) < 4.78 is 5.30. The van der Waals surface area contributed by atoms with Crippen molar-refractivity contribution in [2.45, 2.75) is 24.0 Å². The van der Waals surface area contributed by atoms with Gasteiger partial charge in [0, 0.05) is 43.9 Å². The van der Waals surface area contributed by atoms with Crippen molar-refractivity contribution in [2.24, 2.45) is 0 Å². The van der Waals surface area contributed by atoms with Crippen LogP contribution >= 0.6 is 11.8 Å². The van der Waals surface area contributed by atoms with E-state index >= 15 is 0 Å². The Labute approximate surface area is 94.2 Å². The number of hydrogen-bond acceptors (Lipinski definition) is 4. The molecular formula is C10H17N3OS. The zero-order chi connectivity index (χ0) is 10.3. The van der Waals surface area contributed by atoms with Crippen LogP contribution in [0.4, 0.5) is 0 Å².